The number of pyridine rings is 1. The van der Waals surface area contributed by atoms with Crippen LogP contribution in [0.4, 0.5) is 5.69 Å². The number of aromatic nitrogens is 3. The van der Waals surface area contributed by atoms with Crippen LogP contribution in [0.2, 0.25) is 0 Å². The molecular formula is C19H21N7O. The van der Waals surface area contributed by atoms with E-state index in [1.165, 1.54) is 0 Å². The second-order valence-electron chi connectivity index (χ2n) is 6.32. The monoisotopic (exact) mass is 363 g/mol. The van der Waals surface area contributed by atoms with Crippen molar-refractivity contribution < 1.29 is 4.74 Å². The summed E-state index contributed by atoms with van der Waals surface area (Å²) in [6, 6.07) is 9.83. The largest absolute Gasteiger partial charge is 0.494 e. The summed E-state index contributed by atoms with van der Waals surface area (Å²) in [5.74, 6) is 2.21. The van der Waals surface area contributed by atoms with E-state index in [1.54, 1.807) is 18.0 Å². The average Bonchev–Trinajstić information content (AvgIpc) is 3.11. The number of fused-ring (bicyclic) bond motifs is 1. The standard InChI is InChI=1S/C19H21N7O/c1-12-9-17(20-2)24-19(22-12)23-14-6-7-16(27-3)15(10-14)26-11-13-5-4-8-21-18(13)25-26/h4-8,10-12H,9H2,1-3H3,(H2,20,22,23,24). The Kier molecular flexibility index (Phi) is 4.45. The lowest BCUT2D eigenvalue weighted by Gasteiger charge is -2.18. The number of nitrogens with zero attached hydrogens (tertiary/aromatic N) is 5. The molecule has 3 heterocycles. The van der Waals surface area contributed by atoms with Gasteiger partial charge in [0.05, 0.1) is 13.2 Å². The lowest BCUT2D eigenvalue weighted by molar-refractivity contribution is 0.412. The van der Waals surface area contributed by atoms with Gasteiger partial charge in [-0.05, 0) is 37.3 Å². The molecule has 0 amide bonds. The fraction of sp³-hybridized carbons (Fsp3) is 0.263. The highest BCUT2D eigenvalue weighted by Gasteiger charge is 2.15. The van der Waals surface area contributed by atoms with E-state index in [2.05, 4.69) is 37.6 Å². The van der Waals surface area contributed by atoms with Gasteiger partial charge in [0.1, 0.15) is 17.3 Å². The van der Waals surface area contributed by atoms with Gasteiger partial charge >= 0.3 is 0 Å². The quantitative estimate of drug-likeness (QED) is 0.747. The number of rotatable bonds is 3. The molecule has 27 heavy (non-hydrogen) atoms. The molecule has 1 unspecified atom stereocenters. The highest BCUT2D eigenvalue weighted by Crippen LogP contribution is 2.27. The zero-order valence-corrected chi connectivity index (χ0v) is 15.5. The summed E-state index contributed by atoms with van der Waals surface area (Å²) in [7, 11) is 3.51. The molecule has 0 radical (unpaired) electrons. The average molecular weight is 363 g/mol. The van der Waals surface area contributed by atoms with Crippen molar-refractivity contribution in [1.29, 1.82) is 0 Å². The van der Waals surface area contributed by atoms with Crippen molar-refractivity contribution in [3.8, 4) is 11.4 Å². The highest BCUT2D eigenvalue weighted by atomic mass is 16.5. The molecule has 3 aromatic rings. The maximum Gasteiger partial charge on any atom is 0.224 e. The first kappa shape index (κ1) is 17.0. The predicted octanol–water partition coefficient (Wildman–Crippen LogP) is 2.61. The van der Waals surface area contributed by atoms with Crippen molar-refractivity contribution in [2.24, 2.45) is 9.98 Å². The van der Waals surface area contributed by atoms with Crippen LogP contribution in [0.5, 0.6) is 5.75 Å². The van der Waals surface area contributed by atoms with Gasteiger partial charge in [0.2, 0.25) is 5.96 Å². The van der Waals surface area contributed by atoms with Crippen LogP contribution in [0.1, 0.15) is 13.3 Å². The van der Waals surface area contributed by atoms with E-state index in [-0.39, 0.29) is 6.04 Å². The van der Waals surface area contributed by atoms with Gasteiger partial charge in [0, 0.05) is 36.9 Å². The van der Waals surface area contributed by atoms with Crippen LogP contribution in [0, 0.1) is 0 Å². The first-order valence-corrected chi connectivity index (χ1v) is 8.75. The van der Waals surface area contributed by atoms with Gasteiger partial charge in [-0.25, -0.2) is 19.7 Å². The van der Waals surface area contributed by atoms with Crippen LogP contribution in [0.25, 0.3) is 16.7 Å². The number of benzene rings is 1. The molecule has 2 aromatic heterocycles. The van der Waals surface area contributed by atoms with Crippen molar-refractivity contribution in [1.82, 2.24) is 20.1 Å². The molecule has 1 aliphatic rings. The van der Waals surface area contributed by atoms with E-state index in [9.17, 15) is 0 Å². The van der Waals surface area contributed by atoms with Crippen molar-refractivity contribution in [3.63, 3.8) is 0 Å². The highest BCUT2D eigenvalue weighted by molar-refractivity contribution is 6.04. The van der Waals surface area contributed by atoms with Crippen LogP contribution in [0.15, 0.2) is 52.7 Å². The van der Waals surface area contributed by atoms with Crippen LogP contribution in [-0.4, -0.2) is 46.8 Å². The SMILES string of the molecule is CNC1=NC(Nc2ccc(OC)c(-n3cc4cccnc4n3)c2)=NC(C)C1. The molecule has 0 saturated carbocycles. The van der Waals surface area contributed by atoms with E-state index < -0.39 is 0 Å². The van der Waals surface area contributed by atoms with Gasteiger partial charge in [0.15, 0.2) is 5.65 Å². The Labute approximate surface area is 157 Å². The Hall–Kier alpha value is -3.42. The van der Waals surface area contributed by atoms with Gasteiger partial charge in [-0.2, -0.15) is 0 Å². The normalized spacial score (nSPS) is 16.6. The Morgan fingerprint density at radius 3 is 2.93 bits per heavy atom. The molecule has 8 heteroatoms. The van der Waals surface area contributed by atoms with E-state index in [0.717, 1.165) is 29.0 Å². The molecular weight excluding hydrogens is 342 g/mol. The Bertz CT molecular complexity index is 1000. The van der Waals surface area contributed by atoms with Crippen molar-refractivity contribution >= 4 is 28.5 Å². The van der Waals surface area contributed by atoms with Crippen LogP contribution in [-0.2, 0) is 0 Å². The number of hydrogen-bond acceptors (Lipinski definition) is 7. The van der Waals surface area contributed by atoms with Gasteiger partial charge in [-0.1, -0.05) is 0 Å². The maximum atomic E-state index is 5.52. The minimum absolute atomic E-state index is 0.174. The van der Waals surface area contributed by atoms with Gasteiger partial charge in [-0.3, -0.25) is 0 Å². The fourth-order valence-corrected chi connectivity index (χ4v) is 3.01. The lowest BCUT2D eigenvalue weighted by atomic mass is 10.2. The van der Waals surface area contributed by atoms with E-state index in [1.807, 2.05) is 43.6 Å². The van der Waals surface area contributed by atoms with Crippen molar-refractivity contribution in [2.75, 3.05) is 19.5 Å². The summed E-state index contributed by atoms with van der Waals surface area (Å²) in [4.78, 5) is 13.4. The molecule has 1 atom stereocenters. The van der Waals surface area contributed by atoms with Gasteiger partial charge in [-0.15, -0.1) is 5.10 Å². The minimum atomic E-state index is 0.174. The molecule has 0 fully saturated rings. The second kappa shape index (κ2) is 7.06. The molecule has 1 aromatic carbocycles. The molecule has 4 rings (SSSR count). The van der Waals surface area contributed by atoms with Crippen LogP contribution in [0.3, 0.4) is 0 Å². The van der Waals surface area contributed by atoms with Gasteiger partial charge in [0.25, 0.3) is 0 Å². The summed E-state index contributed by atoms with van der Waals surface area (Å²) < 4.78 is 7.29. The zero-order chi connectivity index (χ0) is 18.8. The summed E-state index contributed by atoms with van der Waals surface area (Å²) in [5.41, 5.74) is 2.35. The van der Waals surface area contributed by atoms with E-state index in [4.69, 9.17) is 4.74 Å². The number of ether oxygens (including phenoxy) is 1. The van der Waals surface area contributed by atoms with Crippen LogP contribution >= 0.6 is 0 Å². The smallest absolute Gasteiger partial charge is 0.224 e. The second-order valence-corrected chi connectivity index (χ2v) is 6.32. The van der Waals surface area contributed by atoms with Gasteiger partial charge < -0.3 is 15.4 Å². The van der Waals surface area contributed by atoms with E-state index in [0.29, 0.717) is 17.4 Å². The number of methoxy groups -OCH3 is 1. The fourth-order valence-electron chi connectivity index (χ4n) is 3.01. The molecule has 8 nitrogen and oxygen atoms in total. The van der Waals surface area contributed by atoms with Crippen LogP contribution < -0.4 is 15.4 Å². The first-order valence-electron chi connectivity index (χ1n) is 8.75. The molecule has 0 aliphatic carbocycles. The number of guanidine groups is 1. The number of nitrogens with one attached hydrogen (secondary N) is 2. The molecule has 0 spiro atoms. The third-order valence-electron chi connectivity index (χ3n) is 4.32. The Morgan fingerprint density at radius 1 is 1.26 bits per heavy atom. The summed E-state index contributed by atoms with van der Waals surface area (Å²) in [6.45, 7) is 2.06. The summed E-state index contributed by atoms with van der Waals surface area (Å²) in [5, 5.41) is 11.9. The number of anilines is 1. The predicted molar refractivity (Wildman–Crippen MR) is 107 cm³/mol. The summed E-state index contributed by atoms with van der Waals surface area (Å²) >= 11 is 0. The maximum absolute atomic E-state index is 5.52. The molecule has 0 bridgehead atoms. The Balaban J connectivity index is 1.70. The first-order chi connectivity index (χ1) is 13.2. The molecule has 2 N–H and O–H groups in total. The number of aliphatic imine (C=N–C) groups is 2. The lowest BCUT2D eigenvalue weighted by Crippen LogP contribution is -2.30. The molecule has 1 aliphatic heterocycles. The van der Waals surface area contributed by atoms with E-state index >= 15 is 0 Å². The zero-order valence-electron chi connectivity index (χ0n) is 15.5. The minimum Gasteiger partial charge on any atom is -0.494 e. The van der Waals surface area contributed by atoms with Crippen molar-refractivity contribution in [2.45, 2.75) is 19.4 Å². The third kappa shape index (κ3) is 3.46. The van der Waals surface area contributed by atoms with Crippen molar-refractivity contribution in [3.05, 3.63) is 42.7 Å². The number of hydrogen-bond donors (Lipinski definition) is 2. The topological polar surface area (TPSA) is 88.7 Å². The number of amidine groups is 1. The summed E-state index contributed by atoms with van der Waals surface area (Å²) in [6.07, 6.45) is 4.47. The third-order valence-corrected chi connectivity index (χ3v) is 4.32. The Morgan fingerprint density at radius 2 is 2.15 bits per heavy atom. The molecule has 138 valence electrons. The molecule has 0 saturated heterocycles.